The number of anilines is 1. The summed E-state index contributed by atoms with van der Waals surface area (Å²) in [6.45, 7) is 8.19. The van der Waals surface area contributed by atoms with Crippen molar-refractivity contribution in [3.05, 3.63) is 29.0 Å². The molecule has 0 aliphatic heterocycles. The second-order valence-corrected chi connectivity index (χ2v) is 5.08. The van der Waals surface area contributed by atoms with Crippen molar-refractivity contribution < 1.29 is 9.15 Å². The normalized spacial score (nSPS) is 11.1. The fourth-order valence-corrected chi connectivity index (χ4v) is 2.31. The van der Waals surface area contributed by atoms with Crippen molar-refractivity contribution in [2.75, 3.05) is 12.8 Å². The van der Waals surface area contributed by atoms with Gasteiger partial charge < -0.3 is 14.9 Å². The molecule has 0 aliphatic carbocycles. The fourth-order valence-electron chi connectivity index (χ4n) is 2.31. The average molecular weight is 260 g/mol. The number of nitrogens with two attached hydrogens (primary N) is 1. The van der Waals surface area contributed by atoms with Gasteiger partial charge in [0.05, 0.1) is 7.11 Å². The number of aryl methyl sites for hydroxylation is 2. The number of aromatic nitrogens is 1. The van der Waals surface area contributed by atoms with Crippen LogP contribution >= 0.6 is 0 Å². The Labute approximate surface area is 113 Å². The van der Waals surface area contributed by atoms with E-state index >= 15 is 0 Å². The number of benzene rings is 1. The smallest absolute Gasteiger partial charge is 0.292 e. The first-order valence-corrected chi connectivity index (χ1v) is 6.35. The van der Waals surface area contributed by atoms with Crippen molar-refractivity contribution in [1.29, 1.82) is 0 Å². The van der Waals surface area contributed by atoms with Crippen LogP contribution in [-0.4, -0.2) is 12.1 Å². The maximum absolute atomic E-state index is 5.71. The fraction of sp³-hybridized carbons (Fsp3) is 0.400. The van der Waals surface area contributed by atoms with E-state index in [9.17, 15) is 0 Å². The minimum absolute atomic E-state index is 0.195. The van der Waals surface area contributed by atoms with Crippen LogP contribution in [0, 0.1) is 13.8 Å². The summed E-state index contributed by atoms with van der Waals surface area (Å²) in [5.74, 6) is 1.81. The Morgan fingerprint density at radius 1 is 1.26 bits per heavy atom. The summed E-state index contributed by atoms with van der Waals surface area (Å²) in [4.78, 5) is 4.33. The number of methoxy groups -OCH3 is 1. The molecule has 4 heteroatoms. The summed E-state index contributed by atoms with van der Waals surface area (Å²) in [5.41, 5.74) is 9.70. The van der Waals surface area contributed by atoms with Crippen LogP contribution in [0.3, 0.4) is 0 Å². The van der Waals surface area contributed by atoms with Crippen molar-refractivity contribution in [3.63, 3.8) is 0 Å². The number of hydrogen-bond acceptors (Lipinski definition) is 4. The molecule has 2 rings (SSSR count). The van der Waals surface area contributed by atoms with Gasteiger partial charge in [-0.15, -0.1) is 0 Å². The first-order valence-electron chi connectivity index (χ1n) is 6.35. The van der Waals surface area contributed by atoms with Crippen LogP contribution < -0.4 is 10.5 Å². The van der Waals surface area contributed by atoms with Crippen LogP contribution in [0.15, 0.2) is 16.5 Å². The summed E-state index contributed by atoms with van der Waals surface area (Å²) in [6.07, 6.45) is 0. The van der Waals surface area contributed by atoms with Gasteiger partial charge in [0.25, 0.3) is 6.01 Å². The highest BCUT2D eigenvalue weighted by molar-refractivity contribution is 5.74. The zero-order valence-electron chi connectivity index (χ0n) is 12.1. The largest absolute Gasteiger partial charge is 0.496 e. The van der Waals surface area contributed by atoms with Gasteiger partial charge in [-0.05, 0) is 31.0 Å². The summed E-state index contributed by atoms with van der Waals surface area (Å²) < 4.78 is 11.0. The van der Waals surface area contributed by atoms with Gasteiger partial charge >= 0.3 is 0 Å². The molecular formula is C15H20N2O2. The van der Waals surface area contributed by atoms with E-state index in [2.05, 4.69) is 24.9 Å². The van der Waals surface area contributed by atoms with Crippen LogP contribution in [0.2, 0.25) is 0 Å². The second kappa shape index (κ2) is 4.96. The van der Waals surface area contributed by atoms with Crippen LogP contribution in [-0.2, 0) is 0 Å². The van der Waals surface area contributed by atoms with E-state index in [4.69, 9.17) is 14.9 Å². The molecule has 4 nitrogen and oxygen atoms in total. The van der Waals surface area contributed by atoms with Crippen molar-refractivity contribution >= 4 is 6.01 Å². The standard InChI is InChI=1S/C15H20N2O2/c1-8(2)14-13(17-15(16)19-14)12-10(4)6-9(3)7-11(12)18-5/h6-8H,1-5H3,(H2,16,17). The molecule has 0 amide bonds. The van der Waals surface area contributed by atoms with Crippen molar-refractivity contribution in [2.24, 2.45) is 0 Å². The number of oxazole rings is 1. The Kier molecular flexibility index (Phi) is 3.51. The second-order valence-electron chi connectivity index (χ2n) is 5.08. The van der Waals surface area contributed by atoms with Crippen LogP contribution in [0.1, 0.15) is 36.7 Å². The van der Waals surface area contributed by atoms with Crippen molar-refractivity contribution in [1.82, 2.24) is 4.98 Å². The predicted molar refractivity (Wildman–Crippen MR) is 76.5 cm³/mol. The molecule has 0 fully saturated rings. The van der Waals surface area contributed by atoms with Crippen LogP contribution in [0.4, 0.5) is 6.01 Å². The third kappa shape index (κ3) is 2.43. The molecule has 2 aromatic rings. The van der Waals surface area contributed by atoms with E-state index in [1.807, 2.05) is 19.9 Å². The summed E-state index contributed by atoms with van der Waals surface area (Å²) >= 11 is 0. The molecule has 0 bridgehead atoms. The minimum atomic E-state index is 0.195. The molecule has 102 valence electrons. The maximum atomic E-state index is 5.71. The molecule has 2 N–H and O–H groups in total. The highest BCUT2D eigenvalue weighted by Crippen LogP contribution is 2.38. The van der Waals surface area contributed by atoms with Gasteiger partial charge in [-0.25, -0.2) is 0 Å². The molecule has 19 heavy (non-hydrogen) atoms. The van der Waals surface area contributed by atoms with Gasteiger partial charge in [-0.2, -0.15) is 4.98 Å². The lowest BCUT2D eigenvalue weighted by Crippen LogP contribution is -1.96. The van der Waals surface area contributed by atoms with E-state index in [0.717, 1.165) is 33.9 Å². The molecule has 0 saturated carbocycles. The predicted octanol–water partition coefficient (Wildman–Crippen LogP) is 3.67. The Balaban J connectivity index is 2.71. The Bertz CT molecular complexity index is 600. The van der Waals surface area contributed by atoms with Gasteiger partial charge in [0, 0.05) is 11.5 Å². The Hall–Kier alpha value is -1.97. The van der Waals surface area contributed by atoms with Gasteiger partial charge in [-0.3, -0.25) is 0 Å². The van der Waals surface area contributed by atoms with Gasteiger partial charge in [0.2, 0.25) is 0 Å². The van der Waals surface area contributed by atoms with Crippen molar-refractivity contribution in [3.8, 4) is 17.0 Å². The molecule has 0 saturated heterocycles. The van der Waals surface area contributed by atoms with Crippen LogP contribution in [0.5, 0.6) is 5.75 Å². The van der Waals surface area contributed by atoms with E-state index in [0.29, 0.717) is 0 Å². The zero-order valence-corrected chi connectivity index (χ0v) is 12.1. The minimum Gasteiger partial charge on any atom is -0.496 e. The lowest BCUT2D eigenvalue weighted by molar-refractivity contribution is 0.415. The summed E-state index contributed by atoms with van der Waals surface area (Å²) in [6, 6.07) is 4.30. The molecule has 1 aromatic carbocycles. The number of ether oxygens (including phenoxy) is 1. The Morgan fingerprint density at radius 3 is 2.53 bits per heavy atom. The lowest BCUT2D eigenvalue weighted by Gasteiger charge is -2.13. The zero-order chi connectivity index (χ0) is 14.2. The van der Waals surface area contributed by atoms with Crippen molar-refractivity contribution in [2.45, 2.75) is 33.6 Å². The molecular weight excluding hydrogens is 240 g/mol. The van der Waals surface area contributed by atoms with Gasteiger partial charge in [-0.1, -0.05) is 19.9 Å². The first-order chi connectivity index (χ1) is 8.93. The van der Waals surface area contributed by atoms with E-state index in [1.165, 1.54) is 0 Å². The highest BCUT2D eigenvalue weighted by Gasteiger charge is 2.21. The number of nitrogens with zero attached hydrogens (tertiary/aromatic N) is 1. The first kappa shape index (κ1) is 13.5. The molecule has 0 unspecified atom stereocenters. The van der Waals surface area contributed by atoms with Crippen LogP contribution in [0.25, 0.3) is 11.3 Å². The SMILES string of the molecule is COc1cc(C)cc(C)c1-c1nc(N)oc1C(C)C. The molecule has 0 atom stereocenters. The third-order valence-electron chi connectivity index (χ3n) is 3.09. The molecule has 0 radical (unpaired) electrons. The molecule has 0 aliphatic rings. The maximum Gasteiger partial charge on any atom is 0.292 e. The monoisotopic (exact) mass is 260 g/mol. The average Bonchev–Trinajstić information content (AvgIpc) is 2.70. The highest BCUT2D eigenvalue weighted by atomic mass is 16.5. The number of rotatable bonds is 3. The quantitative estimate of drug-likeness (QED) is 0.914. The van der Waals surface area contributed by atoms with E-state index < -0.39 is 0 Å². The summed E-state index contributed by atoms with van der Waals surface area (Å²) in [7, 11) is 1.66. The topological polar surface area (TPSA) is 61.3 Å². The van der Waals surface area contributed by atoms with Gasteiger partial charge in [0.15, 0.2) is 0 Å². The van der Waals surface area contributed by atoms with E-state index in [-0.39, 0.29) is 11.9 Å². The molecule has 1 aromatic heterocycles. The Morgan fingerprint density at radius 2 is 1.95 bits per heavy atom. The summed E-state index contributed by atoms with van der Waals surface area (Å²) in [5, 5.41) is 0. The van der Waals surface area contributed by atoms with E-state index in [1.54, 1.807) is 7.11 Å². The third-order valence-corrected chi connectivity index (χ3v) is 3.09. The number of hydrogen-bond donors (Lipinski definition) is 1. The molecule has 0 spiro atoms. The number of nitrogen functional groups attached to an aromatic ring is 1. The lowest BCUT2D eigenvalue weighted by atomic mass is 9.98. The van der Waals surface area contributed by atoms with Gasteiger partial charge in [0.1, 0.15) is 17.2 Å². The molecule has 1 heterocycles.